The zero-order chi connectivity index (χ0) is 9.68. The molecule has 1 aromatic heterocycles. The molecule has 0 saturated carbocycles. The molecule has 0 unspecified atom stereocenters. The molecule has 3 nitrogen and oxygen atoms in total. The summed E-state index contributed by atoms with van der Waals surface area (Å²) in [5.41, 5.74) is 7.37. The molecule has 4 heteroatoms. The molecule has 0 aromatic carbocycles. The molecule has 0 aliphatic heterocycles. The van der Waals surface area contributed by atoms with Crippen molar-refractivity contribution in [3.8, 4) is 0 Å². The highest BCUT2D eigenvalue weighted by Gasteiger charge is 2.00. The standard InChI is InChI=1S/C9H14N2OS/c1-7-5-8(10)6-11-9(7)13-4-2-3-12/h5-6,12H,2-4,10H2,1H3. The number of thioether (sulfide) groups is 1. The fraction of sp³-hybridized carbons (Fsp3) is 0.444. The fourth-order valence-corrected chi connectivity index (χ4v) is 1.85. The zero-order valence-corrected chi connectivity index (χ0v) is 8.47. The summed E-state index contributed by atoms with van der Waals surface area (Å²) in [5.74, 6) is 0.897. The van der Waals surface area contributed by atoms with E-state index in [0.29, 0.717) is 5.69 Å². The minimum atomic E-state index is 0.237. The molecule has 1 heterocycles. The van der Waals surface area contributed by atoms with Crippen LogP contribution < -0.4 is 5.73 Å². The Morgan fingerprint density at radius 1 is 1.62 bits per heavy atom. The van der Waals surface area contributed by atoms with Crippen LogP contribution in [-0.4, -0.2) is 22.5 Å². The van der Waals surface area contributed by atoms with Crippen molar-refractivity contribution in [2.75, 3.05) is 18.1 Å². The zero-order valence-electron chi connectivity index (χ0n) is 7.66. The second-order valence-corrected chi connectivity index (χ2v) is 3.90. The molecule has 0 amide bonds. The second-order valence-electron chi connectivity index (χ2n) is 2.82. The van der Waals surface area contributed by atoms with E-state index in [0.717, 1.165) is 22.8 Å². The average Bonchev–Trinajstić information content (AvgIpc) is 2.09. The van der Waals surface area contributed by atoms with E-state index in [9.17, 15) is 0 Å². The maximum Gasteiger partial charge on any atom is 0.0990 e. The number of rotatable bonds is 4. The minimum absolute atomic E-state index is 0.237. The van der Waals surface area contributed by atoms with Crippen molar-refractivity contribution >= 4 is 17.4 Å². The molecular formula is C9H14N2OS. The Hall–Kier alpha value is -0.740. The topological polar surface area (TPSA) is 59.1 Å². The van der Waals surface area contributed by atoms with Crippen molar-refractivity contribution in [1.29, 1.82) is 0 Å². The number of hydrogen-bond acceptors (Lipinski definition) is 4. The summed E-state index contributed by atoms with van der Waals surface area (Å²) in [6.07, 6.45) is 2.46. The number of aromatic nitrogens is 1. The molecule has 0 fully saturated rings. The van der Waals surface area contributed by atoms with Crippen molar-refractivity contribution in [2.24, 2.45) is 0 Å². The highest BCUT2D eigenvalue weighted by molar-refractivity contribution is 7.99. The van der Waals surface area contributed by atoms with Crippen LogP contribution >= 0.6 is 11.8 Å². The second kappa shape index (κ2) is 5.09. The molecule has 0 atom stereocenters. The van der Waals surface area contributed by atoms with Gasteiger partial charge < -0.3 is 10.8 Å². The summed E-state index contributed by atoms with van der Waals surface area (Å²) in [7, 11) is 0. The SMILES string of the molecule is Cc1cc(N)cnc1SCCCO. The molecule has 3 N–H and O–H groups in total. The van der Waals surface area contributed by atoms with E-state index in [-0.39, 0.29) is 6.61 Å². The van der Waals surface area contributed by atoms with Gasteiger partial charge in [0.2, 0.25) is 0 Å². The van der Waals surface area contributed by atoms with Crippen molar-refractivity contribution in [3.05, 3.63) is 17.8 Å². The van der Waals surface area contributed by atoms with E-state index in [1.165, 1.54) is 0 Å². The first-order valence-corrected chi connectivity index (χ1v) is 5.18. The number of aryl methyl sites for hydroxylation is 1. The lowest BCUT2D eigenvalue weighted by molar-refractivity contribution is 0.296. The lowest BCUT2D eigenvalue weighted by Crippen LogP contribution is -1.93. The number of nitrogens with two attached hydrogens (primary N) is 1. The van der Waals surface area contributed by atoms with E-state index < -0.39 is 0 Å². The lowest BCUT2D eigenvalue weighted by Gasteiger charge is -2.03. The number of anilines is 1. The van der Waals surface area contributed by atoms with Gasteiger partial charge in [0.15, 0.2) is 0 Å². The largest absolute Gasteiger partial charge is 0.397 e. The average molecular weight is 198 g/mol. The quantitative estimate of drug-likeness (QED) is 0.568. The molecule has 13 heavy (non-hydrogen) atoms. The van der Waals surface area contributed by atoms with Crippen LogP contribution in [0.5, 0.6) is 0 Å². The molecule has 0 radical (unpaired) electrons. The van der Waals surface area contributed by atoms with Crippen molar-refractivity contribution in [2.45, 2.75) is 18.4 Å². The maximum absolute atomic E-state index is 8.60. The van der Waals surface area contributed by atoms with Gasteiger partial charge in [0.25, 0.3) is 0 Å². The third-order valence-corrected chi connectivity index (χ3v) is 2.79. The smallest absolute Gasteiger partial charge is 0.0990 e. The number of aliphatic hydroxyl groups excluding tert-OH is 1. The Kier molecular flexibility index (Phi) is 4.05. The van der Waals surface area contributed by atoms with Gasteiger partial charge >= 0.3 is 0 Å². The van der Waals surface area contributed by atoms with Crippen LogP contribution in [0.4, 0.5) is 5.69 Å². The van der Waals surface area contributed by atoms with Gasteiger partial charge in [0.05, 0.1) is 16.9 Å². The van der Waals surface area contributed by atoms with E-state index in [1.807, 2.05) is 13.0 Å². The van der Waals surface area contributed by atoms with Crippen molar-refractivity contribution in [1.82, 2.24) is 4.98 Å². The Balaban J connectivity index is 2.56. The van der Waals surface area contributed by atoms with Crippen LogP contribution in [0.1, 0.15) is 12.0 Å². The molecule has 0 spiro atoms. The molecule has 1 rings (SSSR count). The van der Waals surface area contributed by atoms with E-state index in [2.05, 4.69) is 4.98 Å². The molecule has 72 valence electrons. The summed E-state index contributed by atoms with van der Waals surface area (Å²) in [4.78, 5) is 4.21. The minimum Gasteiger partial charge on any atom is -0.397 e. The summed E-state index contributed by atoms with van der Waals surface area (Å²) < 4.78 is 0. The Bertz CT molecular complexity index is 278. The number of pyridine rings is 1. The summed E-state index contributed by atoms with van der Waals surface area (Å²) >= 11 is 1.65. The van der Waals surface area contributed by atoms with Gasteiger partial charge in [-0.25, -0.2) is 4.98 Å². The van der Waals surface area contributed by atoms with Crippen LogP contribution in [0.15, 0.2) is 17.3 Å². The lowest BCUT2D eigenvalue weighted by atomic mass is 10.3. The molecule has 0 saturated heterocycles. The molecule has 0 aliphatic carbocycles. The van der Waals surface area contributed by atoms with Gasteiger partial charge in [-0.15, -0.1) is 11.8 Å². The molecule has 1 aromatic rings. The molecule has 0 bridgehead atoms. The monoisotopic (exact) mass is 198 g/mol. The van der Waals surface area contributed by atoms with Crippen LogP contribution in [0.2, 0.25) is 0 Å². The van der Waals surface area contributed by atoms with Gasteiger partial charge in [0.1, 0.15) is 0 Å². The van der Waals surface area contributed by atoms with Crippen LogP contribution in [0, 0.1) is 6.92 Å². The van der Waals surface area contributed by atoms with Gasteiger partial charge in [-0.1, -0.05) is 0 Å². The number of nitrogen functional groups attached to an aromatic ring is 1. The van der Waals surface area contributed by atoms with Crippen LogP contribution in [0.3, 0.4) is 0 Å². The van der Waals surface area contributed by atoms with Crippen molar-refractivity contribution in [3.63, 3.8) is 0 Å². The maximum atomic E-state index is 8.60. The number of aliphatic hydroxyl groups is 1. The summed E-state index contributed by atoms with van der Waals surface area (Å²) in [6.45, 7) is 2.23. The highest BCUT2D eigenvalue weighted by Crippen LogP contribution is 2.21. The van der Waals surface area contributed by atoms with Gasteiger partial charge in [-0.3, -0.25) is 0 Å². The third kappa shape index (κ3) is 3.24. The van der Waals surface area contributed by atoms with Gasteiger partial charge in [0, 0.05) is 12.4 Å². The highest BCUT2D eigenvalue weighted by atomic mass is 32.2. The summed E-state index contributed by atoms with van der Waals surface area (Å²) in [5, 5.41) is 9.61. The van der Waals surface area contributed by atoms with Crippen LogP contribution in [0.25, 0.3) is 0 Å². The Labute approximate surface area is 82.4 Å². The van der Waals surface area contributed by atoms with Gasteiger partial charge in [-0.2, -0.15) is 0 Å². The molecular weight excluding hydrogens is 184 g/mol. The molecule has 0 aliphatic rings. The van der Waals surface area contributed by atoms with E-state index in [1.54, 1.807) is 18.0 Å². The first-order chi connectivity index (χ1) is 6.24. The van der Waals surface area contributed by atoms with Gasteiger partial charge in [-0.05, 0) is 25.0 Å². The third-order valence-electron chi connectivity index (χ3n) is 1.59. The number of nitrogens with zero attached hydrogens (tertiary/aromatic N) is 1. The summed E-state index contributed by atoms with van der Waals surface area (Å²) in [6, 6.07) is 1.91. The fourth-order valence-electron chi connectivity index (χ4n) is 0.968. The predicted octanol–water partition coefficient (Wildman–Crippen LogP) is 1.45. The van der Waals surface area contributed by atoms with E-state index >= 15 is 0 Å². The van der Waals surface area contributed by atoms with Crippen molar-refractivity contribution < 1.29 is 5.11 Å². The van der Waals surface area contributed by atoms with E-state index in [4.69, 9.17) is 10.8 Å². The predicted molar refractivity (Wildman–Crippen MR) is 55.8 cm³/mol. The first kappa shape index (κ1) is 10.3. The van der Waals surface area contributed by atoms with Crippen LogP contribution in [-0.2, 0) is 0 Å². The Morgan fingerprint density at radius 3 is 3.00 bits per heavy atom. The number of hydrogen-bond donors (Lipinski definition) is 2. The normalized spacial score (nSPS) is 10.3. The first-order valence-electron chi connectivity index (χ1n) is 4.20. The Morgan fingerprint density at radius 2 is 2.38 bits per heavy atom.